The van der Waals surface area contributed by atoms with Gasteiger partial charge in [0.1, 0.15) is 11.9 Å². The largest absolute Gasteiger partial charge is 0.369 e. The molecule has 0 aromatic heterocycles. The van der Waals surface area contributed by atoms with Gasteiger partial charge in [-0.1, -0.05) is 0 Å². The Morgan fingerprint density at radius 1 is 1.19 bits per heavy atom. The molecule has 1 aromatic rings. The smallest absolute Gasteiger partial charge is 0.124 e. The van der Waals surface area contributed by atoms with Crippen molar-refractivity contribution in [2.45, 2.75) is 31.3 Å². The molecule has 2 saturated heterocycles. The highest BCUT2D eigenvalue weighted by Gasteiger charge is 2.30. The number of halogens is 1. The van der Waals surface area contributed by atoms with E-state index in [1.165, 1.54) is 12.1 Å². The topological polar surface area (TPSA) is 56.3 Å². The highest BCUT2D eigenvalue weighted by molar-refractivity contribution is 5.60. The highest BCUT2D eigenvalue weighted by Crippen LogP contribution is 2.27. The second kappa shape index (κ2) is 6.00. The number of benzene rings is 1. The second-order valence-electron chi connectivity index (χ2n) is 6.04. The Morgan fingerprint density at radius 3 is 2.67 bits per heavy atom. The summed E-state index contributed by atoms with van der Waals surface area (Å²) in [5.74, 6) is -0.351. The fraction of sp³-hybridized carbons (Fsp3) is 0.562. The Labute approximate surface area is 124 Å². The van der Waals surface area contributed by atoms with E-state index in [1.807, 2.05) is 0 Å². The molecule has 2 aliphatic heterocycles. The first-order valence-corrected chi connectivity index (χ1v) is 7.61. The molecule has 21 heavy (non-hydrogen) atoms. The first kappa shape index (κ1) is 14.3. The van der Waals surface area contributed by atoms with E-state index in [4.69, 9.17) is 5.73 Å². The third-order valence-corrected chi connectivity index (χ3v) is 4.67. The van der Waals surface area contributed by atoms with Crippen molar-refractivity contribution in [2.75, 3.05) is 31.1 Å². The summed E-state index contributed by atoms with van der Waals surface area (Å²) in [6.07, 6.45) is 3.23. The third-order valence-electron chi connectivity index (χ3n) is 4.67. The average molecular weight is 288 g/mol. The lowest BCUT2D eigenvalue weighted by atomic mass is 10.0. The Balaban J connectivity index is 1.69. The monoisotopic (exact) mass is 288 g/mol. The van der Waals surface area contributed by atoms with E-state index < -0.39 is 0 Å². The number of anilines is 1. The Morgan fingerprint density at radius 2 is 1.95 bits per heavy atom. The second-order valence-corrected chi connectivity index (χ2v) is 6.04. The summed E-state index contributed by atoms with van der Waals surface area (Å²) >= 11 is 0. The summed E-state index contributed by atoms with van der Waals surface area (Å²) in [4.78, 5) is 4.72. The van der Waals surface area contributed by atoms with Gasteiger partial charge in [-0.3, -0.25) is 4.90 Å². The molecule has 0 bridgehead atoms. The molecule has 0 amide bonds. The van der Waals surface area contributed by atoms with Crippen LogP contribution in [0.5, 0.6) is 0 Å². The predicted molar refractivity (Wildman–Crippen MR) is 80.5 cm³/mol. The predicted octanol–water partition coefficient (Wildman–Crippen LogP) is 1.70. The van der Waals surface area contributed by atoms with Gasteiger partial charge in [0, 0.05) is 25.2 Å². The minimum Gasteiger partial charge on any atom is -0.369 e. The van der Waals surface area contributed by atoms with E-state index in [0.29, 0.717) is 17.6 Å². The molecule has 0 spiro atoms. The lowest BCUT2D eigenvalue weighted by Gasteiger charge is -2.34. The van der Waals surface area contributed by atoms with Crippen molar-refractivity contribution in [3.63, 3.8) is 0 Å². The molecule has 2 aliphatic rings. The fourth-order valence-electron chi connectivity index (χ4n) is 3.42. The normalized spacial score (nSPS) is 24.2. The van der Waals surface area contributed by atoms with Gasteiger partial charge in [-0.05, 0) is 50.6 Å². The van der Waals surface area contributed by atoms with Crippen molar-refractivity contribution < 1.29 is 4.39 Å². The number of hydrogen-bond acceptors (Lipinski definition) is 4. The quantitative estimate of drug-likeness (QED) is 0.900. The molecule has 2 fully saturated rings. The number of nitriles is 1. The van der Waals surface area contributed by atoms with Crippen molar-refractivity contribution in [3.8, 4) is 6.07 Å². The number of nitrogens with zero attached hydrogens (tertiary/aromatic N) is 3. The van der Waals surface area contributed by atoms with Gasteiger partial charge in [0.2, 0.25) is 0 Å². The summed E-state index contributed by atoms with van der Waals surface area (Å²) in [6.45, 7) is 3.96. The molecule has 1 aromatic carbocycles. The van der Waals surface area contributed by atoms with Crippen LogP contribution in [0.3, 0.4) is 0 Å². The van der Waals surface area contributed by atoms with Gasteiger partial charge in [-0.25, -0.2) is 4.39 Å². The summed E-state index contributed by atoms with van der Waals surface area (Å²) in [5, 5.41) is 9.18. The number of rotatable bonds is 2. The molecule has 112 valence electrons. The van der Waals surface area contributed by atoms with Crippen LogP contribution in [-0.2, 0) is 0 Å². The molecule has 0 aliphatic carbocycles. The number of hydrogen-bond donors (Lipinski definition) is 1. The maximum Gasteiger partial charge on any atom is 0.124 e. The number of likely N-dealkylation sites (tertiary alicyclic amines) is 1. The third kappa shape index (κ3) is 3.02. The van der Waals surface area contributed by atoms with Crippen molar-refractivity contribution in [1.82, 2.24) is 4.90 Å². The van der Waals surface area contributed by atoms with E-state index in [-0.39, 0.29) is 5.82 Å². The van der Waals surface area contributed by atoms with Crippen LogP contribution in [0.1, 0.15) is 24.8 Å². The molecular formula is C16H21FN4. The lowest BCUT2D eigenvalue weighted by molar-refractivity contribution is 0.163. The lowest BCUT2D eigenvalue weighted by Crippen LogP contribution is -2.46. The van der Waals surface area contributed by atoms with E-state index in [2.05, 4.69) is 15.9 Å². The molecular weight excluding hydrogens is 267 g/mol. The number of piperidine rings is 1. The van der Waals surface area contributed by atoms with Crippen LogP contribution < -0.4 is 10.6 Å². The van der Waals surface area contributed by atoms with E-state index in [9.17, 15) is 9.65 Å². The van der Waals surface area contributed by atoms with Gasteiger partial charge in [0.15, 0.2) is 0 Å². The van der Waals surface area contributed by atoms with Crippen LogP contribution in [0, 0.1) is 17.1 Å². The number of nitrogens with two attached hydrogens (primary N) is 1. The van der Waals surface area contributed by atoms with E-state index in [1.54, 1.807) is 6.07 Å². The van der Waals surface area contributed by atoms with Crippen LogP contribution >= 0.6 is 0 Å². The Hall–Kier alpha value is -1.64. The Kier molecular flexibility index (Phi) is 4.09. The molecule has 1 atom stereocenters. The molecule has 2 N–H and O–H groups in total. The zero-order valence-electron chi connectivity index (χ0n) is 12.1. The van der Waals surface area contributed by atoms with Crippen molar-refractivity contribution >= 4 is 5.69 Å². The van der Waals surface area contributed by atoms with Crippen LogP contribution in [0.2, 0.25) is 0 Å². The van der Waals surface area contributed by atoms with Gasteiger partial charge in [0.05, 0.1) is 11.3 Å². The molecule has 4 nitrogen and oxygen atoms in total. The molecule has 2 heterocycles. The fourth-order valence-corrected chi connectivity index (χ4v) is 3.42. The summed E-state index contributed by atoms with van der Waals surface area (Å²) in [6, 6.07) is 7.45. The van der Waals surface area contributed by atoms with Crippen LogP contribution in [0.4, 0.5) is 10.1 Å². The van der Waals surface area contributed by atoms with Crippen LogP contribution in [-0.4, -0.2) is 43.2 Å². The summed E-state index contributed by atoms with van der Waals surface area (Å²) < 4.78 is 13.2. The van der Waals surface area contributed by atoms with Gasteiger partial charge in [-0.2, -0.15) is 5.26 Å². The Bertz CT molecular complexity index is 546. The maximum absolute atomic E-state index is 13.2. The first-order valence-electron chi connectivity index (χ1n) is 7.61. The summed E-state index contributed by atoms with van der Waals surface area (Å²) in [5.41, 5.74) is 7.24. The first-order chi connectivity index (χ1) is 10.2. The molecule has 5 heteroatoms. The molecule has 1 unspecified atom stereocenters. The van der Waals surface area contributed by atoms with E-state index >= 15 is 0 Å². The minimum absolute atomic E-state index is 0.348. The van der Waals surface area contributed by atoms with Crippen LogP contribution in [0.25, 0.3) is 0 Å². The maximum atomic E-state index is 13.2. The molecule has 0 radical (unpaired) electrons. The van der Waals surface area contributed by atoms with Crippen molar-refractivity contribution in [2.24, 2.45) is 5.73 Å². The average Bonchev–Trinajstić information content (AvgIpc) is 2.97. The zero-order chi connectivity index (χ0) is 14.8. The highest BCUT2D eigenvalue weighted by atomic mass is 19.1. The van der Waals surface area contributed by atoms with E-state index in [0.717, 1.165) is 51.1 Å². The van der Waals surface area contributed by atoms with Crippen molar-refractivity contribution in [3.05, 3.63) is 29.6 Å². The van der Waals surface area contributed by atoms with Gasteiger partial charge >= 0.3 is 0 Å². The zero-order valence-corrected chi connectivity index (χ0v) is 12.1. The molecule has 0 saturated carbocycles. The van der Waals surface area contributed by atoms with Gasteiger partial charge in [-0.15, -0.1) is 0 Å². The van der Waals surface area contributed by atoms with Gasteiger partial charge < -0.3 is 10.6 Å². The van der Waals surface area contributed by atoms with Gasteiger partial charge in [0.25, 0.3) is 0 Å². The standard InChI is InChI=1S/C16H21FN4/c17-13-1-2-16(12(9-13)10-18)21-8-5-15(11-21)20-6-3-14(19)4-7-20/h1-2,9,14-15H,3-8,11,19H2. The summed E-state index contributed by atoms with van der Waals surface area (Å²) in [7, 11) is 0. The van der Waals surface area contributed by atoms with Crippen LogP contribution in [0.15, 0.2) is 18.2 Å². The molecule has 3 rings (SSSR count). The van der Waals surface area contributed by atoms with Crippen molar-refractivity contribution in [1.29, 1.82) is 5.26 Å². The SMILES string of the molecule is N#Cc1cc(F)ccc1N1CCC(N2CCC(N)CC2)C1. The minimum atomic E-state index is -0.351.